The number of piperidine rings is 1. The van der Waals surface area contributed by atoms with E-state index in [0.29, 0.717) is 18.4 Å². The quantitative estimate of drug-likeness (QED) is 0.504. The lowest BCUT2D eigenvalue weighted by Crippen LogP contribution is -2.43. The van der Waals surface area contributed by atoms with E-state index in [1.54, 1.807) is 12.3 Å². The molecule has 5 N–H and O–H groups in total. The Morgan fingerprint density at radius 2 is 2.03 bits per heavy atom. The number of pyridine rings is 3. The number of aromatic nitrogens is 3. The SMILES string of the molecule is Nc1ccc(-c2ncc(C(F)(F)F)cc2Cl)nc1C(=O)Nc1cnccc1N1CCCC(N)C1. The summed E-state index contributed by atoms with van der Waals surface area (Å²) in [6.45, 7) is 1.43. The molecule has 4 rings (SSSR count). The Morgan fingerprint density at radius 1 is 1.24 bits per heavy atom. The molecule has 3 aromatic heterocycles. The van der Waals surface area contributed by atoms with E-state index < -0.39 is 17.6 Å². The van der Waals surface area contributed by atoms with Crippen LogP contribution in [0, 0.1) is 0 Å². The van der Waals surface area contributed by atoms with Gasteiger partial charge < -0.3 is 21.7 Å². The molecule has 1 amide bonds. The zero-order valence-electron chi connectivity index (χ0n) is 17.8. The van der Waals surface area contributed by atoms with E-state index in [1.165, 1.54) is 18.3 Å². The van der Waals surface area contributed by atoms with E-state index in [9.17, 15) is 18.0 Å². The lowest BCUT2D eigenvalue weighted by atomic mass is 10.1. The molecule has 0 aromatic carbocycles. The number of hydrogen-bond acceptors (Lipinski definition) is 7. The summed E-state index contributed by atoms with van der Waals surface area (Å²) in [5, 5.41) is 2.52. The predicted octanol–water partition coefficient (Wildman–Crippen LogP) is 3.97. The summed E-state index contributed by atoms with van der Waals surface area (Å²) in [5.74, 6) is -0.613. The number of nitrogens with two attached hydrogens (primary N) is 2. The second kappa shape index (κ2) is 9.43. The van der Waals surface area contributed by atoms with Crippen LogP contribution in [0.5, 0.6) is 0 Å². The van der Waals surface area contributed by atoms with Crippen molar-refractivity contribution in [2.75, 3.05) is 29.0 Å². The van der Waals surface area contributed by atoms with Gasteiger partial charge >= 0.3 is 6.18 Å². The maximum Gasteiger partial charge on any atom is 0.417 e. The van der Waals surface area contributed by atoms with Crippen molar-refractivity contribution in [1.82, 2.24) is 15.0 Å². The molecule has 34 heavy (non-hydrogen) atoms. The lowest BCUT2D eigenvalue weighted by molar-refractivity contribution is -0.137. The predicted molar refractivity (Wildman–Crippen MR) is 124 cm³/mol. The molecular weight excluding hydrogens is 471 g/mol. The van der Waals surface area contributed by atoms with Crippen LogP contribution in [0.3, 0.4) is 0 Å². The number of alkyl halides is 3. The topological polar surface area (TPSA) is 123 Å². The van der Waals surface area contributed by atoms with Crippen LogP contribution < -0.4 is 21.7 Å². The summed E-state index contributed by atoms with van der Waals surface area (Å²) in [6, 6.07) is 5.42. The molecule has 3 aromatic rings. The van der Waals surface area contributed by atoms with Crippen LogP contribution in [0.1, 0.15) is 28.9 Å². The molecule has 1 fully saturated rings. The molecule has 8 nitrogen and oxygen atoms in total. The molecule has 1 unspecified atom stereocenters. The lowest BCUT2D eigenvalue weighted by Gasteiger charge is -2.33. The van der Waals surface area contributed by atoms with E-state index in [1.807, 2.05) is 0 Å². The summed E-state index contributed by atoms with van der Waals surface area (Å²) in [7, 11) is 0. The number of hydrogen-bond donors (Lipinski definition) is 3. The molecule has 1 saturated heterocycles. The van der Waals surface area contributed by atoms with Gasteiger partial charge in [0.2, 0.25) is 0 Å². The van der Waals surface area contributed by atoms with E-state index in [-0.39, 0.29) is 33.8 Å². The highest BCUT2D eigenvalue weighted by molar-refractivity contribution is 6.33. The van der Waals surface area contributed by atoms with Crippen LogP contribution >= 0.6 is 11.6 Å². The van der Waals surface area contributed by atoms with E-state index in [4.69, 9.17) is 23.1 Å². The minimum Gasteiger partial charge on any atom is -0.397 e. The van der Waals surface area contributed by atoms with E-state index >= 15 is 0 Å². The Kier molecular flexibility index (Phi) is 6.58. The largest absolute Gasteiger partial charge is 0.417 e. The van der Waals surface area contributed by atoms with Crippen LogP contribution in [0.25, 0.3) is 11.4 Å². The Morgan fingerprint density at radius 3 is 2.74 bits per heavy atom. The van der Waals surface area contributed by atoms with Crippen molar-refractivity contribution in [3.05, 3.63) is 59.1 Å². The van der Waals surface area contributed by atoms with Crippen LogP contribution in [-0.2, 0) is 6.18 Å². The maximum atomic E-state index is 13.1. The Hall–Kier alpha value is -3.44. The number of carbonyl (C=O) groups is 1. The van der Waals surface area contributed by atoms with Gasteiger partial charge in [0.05, 0.1) is 39.5 Å². The summed E-state index contributed by atoms with van der Waals surface area (Å²) in [6.07, 6.45) is 1.06. The standard InChI is InChI=1S/C22H21ClF3N7O/c23-14-8-12(22(24,25)26)9-30-19(14)16-4-3-15(28)20(31-16)21(34)32-17-10-29-6-5-18(17)33-7-1-2-13(27)11-33/h3-6,8-10,13H,1-2,7,11,27-28H2,(H,32,34). The first-order chi connectivity index (χ1) is 16.1. The van der Waals surface area contributed by atoms with Gasteiger partial charge in [-0.3, -0.25) is 14.8 Å². The van der Waals surface area contributed by atoms with Gasteiger partial charge in [-0.15, -0.1) is 0 Å². The fourth-order valence-electron chi connectivity index (χ4n) is 3.73. The van der Waals surface area contributed by atoms with Gasteiger partial charge in [-0.1, -0.05) is 11.6 Å². The normalized spacial score (nSPS) is 16.4. The number of carbonyl (C=O) groups excluding carboxylic acids is 1. The fourth-order valence-corrected chi connectivity index (χ4v) is 4.00. The van der Waals surface area contributed by atoms with Crippen molar-refractivity contribution in [3.63, 3.8) is 0 Å². The van der Waals surface area contributed by atoms with Crippen molar-refractivity contribution in [3.8, 4) is 11.4 Å². The highest BCUT2D eigenvalue weighted by Gasteiger charge is 2.32. The van der Waals surface area contributed by atoms with Crippen molar-refractivity contribution < 1.29 is 18.0 Å². The molecule has 12 heteroatoms. The molecule has 0 spiro atoms. The zero-order valence-corrected chi connectivity index (χ0v) is 18.6. The first-order valence-electron chi connectivity index (χ1n) is 10.4. The average Bonchev–Trinajstić information content (AvgIpc) is 2.79. The van der Waals surface area contributed by atoms with Crippen LogP contribution in [0.4, 0.5) is 30.2 Å². The first kappa shape index (κ1) is 23.7. The van der Waals surface area contributed by atoms with Crippen molar-refractivity contribution in [2.24, 2.45) is 5.73 Å². The molecule has 1 aliphatic rings. The Labute approximate surface area is 198 Å². The van der Waals surface area contributed by atoms with Gasteiger partial charge in [-0.2, -0.15) is 13.2 Å². The maximum absolute atomic E-state index is 13.1. The molecule has 0 radical (unpaired) electrons. The summed E-state index contributed by atoms with van der Waals surface area (Å²) in [4.78, 5) is 27.2. The van der Waals surface area contributed by atoms with E-state index in [2.05, 4.69) is 25.2 Å². The zero-order chi connectivity index (χ0) is 24.5. The minimum atomic E-state index is -4.59. The number of amides is 1. The van der Waals surface area contributed by atoms with Gasteiger partial charge in [0.1, 0.15) is 5.69 Å². The molecule has 1 aliphatic heterocycles. The number of rotatable bonds is 4. The number of nitrogen functional groups attached to an aromatic ring is 1. The average molecular weight is 492 g/mol. The highest BCUT2D eigenvalue weighted by Crippen LogP contribution is 2.34. The Bertz CT molecular complexity index is 1220. The van der Waals surface area contributed by atoms with Crippen LogP contribution in [-0.4, -0.2) is 40.0 Å². The van der Waals surface area contributed by atoms with Crippen LogP contribution in [0.2, 0.25) is 5.02 Å². The molecule has 4 heterocycles. The molecule has 0 saturated carbocycles. The number of nitrogens with zero attached hydrogens (tertiary/aromatic N) is 4. The van der Waals surface area contributed by atoms with Crippen molar-refractivity contribution in [1.29, 1.82) is 0 Å². The van der Waals surface area contributed by atoms with Gasteiger partial charge in [-0.25, -0.2) is 4.98 Å². The Balaban J connectivity index is 1.62. The molecule has 178 valence electrons. The van der Waals surface area contributed by atoms with Gasteiger partial charge in [0.15, 0.2) is 5.69 Å². The molecule has 0 bridgehead atoms. The molecular formula is C22H21ClF3N7O. The van der Waals surface area contributed by atoms with Gasteiger partial charge in [-0.05, 0) is 37.1 Å². The second-order valence-corrected chi connectivity index (χ2v) is 8.29. The monoisotopic (exact) mass is 491 g/mol. The number of nitrogens with one attached hydrogen (secondary N) is 1. The summed E-state index contributed by atoms with van der Waals surface area (Å²) < 4.78 is 38.8. The third kappa shape index (κ3) is 5.05. The van der Waals surface area contributed by atoms with Crippen molar-refractivity contribution in [2.45, 2.75) is 25.1 Å². The number of anilines is 3. The highest BCUT2D eigenvalue weighted by atomic mass is 35.5. The van der Waals surface area contributed by atoms with E-state index in [0.717, 1.165) is 31.1 Å². The van der Waals surface area contributed by atoms with Gasteiger partial charge in [0, 0.05) is 31.5 Å². The summed E-state index contributed by atoms with van der Waals surface area (Å²) >= 11 is 6.03. The molecule has 0 aliphatic carbocycles. The third-order valence-corrected chi connectivity index (χ3v) is 5.69. The van der Waals surface area contributed by atoms with Crippen molar-refractivity contribution >= 4 is 34.6 Å². The molecule has 1 atom stereocenters. The first-order valence-corrected chi connectivity index (χ1v) is 10.8. The fraction of sp³-hybridized carbons (Fsp3) is 0.273. The third-order valence-electron chi connectivity index (χ3n) is 5.40. The number of halogens is 4. The summed E-state index contributed by atoms with van der Waals surface area (Å²) in [5.41, 5.74) is 12.3. The second-order valence-electron chi connectivity index (χ2n) is 7.88. The minimum absolute atomic E-state index is 0.00640. The van der Waals surface area contributed by atoms with Crippen LogP contribution in [0.15, 0.2) is 42.9 Å². The van der Waals surface area contributed by atoms with Gasteiger partial charge in [0.25, 0.3) is 5.91 Å². The smallest absolute Gasteiger partial charge is 0.397 e.